The summed E-state index contributed by atoms with van der Waals surface area (Å²) in [7, 11) is 1.50. The van der Waals surface area contributed by atoms with E-state index >= 15 is 0 Å². The van der Waals surface area contributed by atoms with Crippen molar-refractivity contribution in [1.29, 1.82) is 0 Å². The van der Waals surface area contributed by atoms with E-state index in [0.717, 1.165) is 33.6 Å². The molecule has 0 saturated carbocycles. The van der Waals surface area contributed by atoms with Gasteiger partial charge in [-0.15, -0.1) is 0 Å². The maximum Gasteiger partial charge on any atom is 0.274 e. The third-order valence-electron chi connectivity index (χ3n) is 12.5. The molecule has 0 aliphatic carbocycles. The molecule has 0 saturated heterocycles. The molecule has 0 radical (unpaired) electrons. The second kappa shape index (κ2) is 12.4. The van der Waals surface area contributed by atoms with Gasteiger partial charge >= 0.3 is 0 Å². The van der Waals surface area contributed by atoms with Crippen molar-refractivity contribution in [2.75, 3.05) is 16.9 Å². The average molecular weight is 763 g/mol. The molecule has 0 bridgehead atoms. The van der Waals surface area contributed by atoms with E-state index in [0.29, 0.717) is 47.0 Å². The molecule has 5 aromatic carbocycles. The monoisotopic (exact) mass is 762 g/mol. The van der Waals surface area contributed by atoms with Gasteiger partial charge in [0.2, 0.25) is 11.4 Å². The zero-order chi connectivity index (χ0) is 40.1. The van der Waals surface area contributed by atoms with Crippen LogP contribution in [0.4, 0.5) is 22.7 Å². The molecule has 2 atom stereocenters. The highest BCUT2D eigenvalue weighted by atomic mass is 16.6. The van der Waals surface area contributed by atoms with Gasteiger partial charge in [0.1, 0.15) is 5.75 Å². The van der Waals surface area contributed by atoms with Crippen molar-refractivity contribution in [2.24, 2.45) is 0 Å². The minimum absolute atomic E-state index is 0.0372. The smallest absolute Gasteiger partial charge is 0.274 e. The van der Waals surface area contributed by atoms with Gasteiger partial charge < -0.3 is 24.0 Å². The molecule has 4 aliphatic heterocycles. The topological polar surface area (TPSA) is 120 Å². The van der Waals surface area contributed by atoms with Crippen molar-refractivity contribution in [2.45, 2.75) is 70.0 Å². The first-order valence-corrected chi connectivity index (χ1v) is 18.9. The van der Waals surface area contributed by atoms with Crippen LogP contribution in [-0.2, 0) is 23.9 Å². The Morgan fingerprint density at radius 2 is 1.07 bits per heavy atom. The van der Waals surface area contributed by atoms with Crippen LogP contribution in [0.2, 0.25) is 0 Å². The highest BCUT2D eigenvalue weighted by molar-refractivity contribution is 5.76. The highest BCUT2D eigenvalue weighted by Crippen LogP contribution is 2.58. The minimum Gasteiger partial charge on any atom is -0.493 e. The fraction of sp³-hybridized carbons (Fsp3) is 0.261. The van der Waals surface area contributed by atoms with Crippen molar-refractivity contribution >= 4 is 34.9 Å². The fourth-order valence-electron chi connectivity index (χ4n) is 9.41. The maximum atomic E-state index is 11.7. The van der Waals surface area contributed by atoms with Crippen LogP contribution >= 0.6 is 0 Å². The lowest BCUT2D eigenvalue weighted by atomic mass is 9.76. The standard InChI is InChI=1S/C46H42N4O7/c1-29-23-34(49(51)52)24-32-19-21-45(56-41(29)32)43(2,3)36-11-7-9-13-38(36)47(45)27-30-15-17-31(18-16-30)28-48-39-14-10-8-12-37(39)44(4,5)46(48)22-20-33-25-35(50(53)54)26-40(55-6)42(33)57-46/h7-26H,27-28H2,1-6H3. The van der Waals surface area contributed by atoms with Gasteiger partial charge in [-0.05, 0) is 98.9 Å². The fourth-order valence-corrected chi connectivity index (χ4v) is 9.41. The van der Waals surface area contributed by atoms with Gasteiger partial charge in [0.25, 0.3) is 11.4 Å². The minimum atomic E-state index is -0.970. The van der Waals surface area contributed by atoms with Crippen LogP contribution in [0.3, 0.4) is 0 Å². The normalized spacial score (nSPS) is 21.4. The van der Waals surface area contributed by atoms with Crippen molar-refractivity contribution < 1.29 is 24.1 Å². The Hall–Kier alpha value is -6.62. The number of hydrogen-bond acceptors (Lipinski definition) is 9. The van der Waals surface area contributed by atoms with Gasteiger partial charge in [0.15, 0.2) is 11.5 Å². The van der Waals surface area contributed by atoms with Crippen LogP contribution in [0.25, 0.3) is 12.2 Å². The van der Waals surface area contributed by atoms with E-state index in [2.05, 4.69) is 98.2 Å². The number of ether oxygens (including phenoxy) is 3. The third-order valence-corrected chi connectivity index (χ3v) is 12.5. The summed E-state index contributed by atoms with van der Waals surface area (Å²) >= 11 is 0. The number of nitro groups is 2. The number of non-ortho nitro benzene ring substituents is 2. The Balaban J connectivity index is 1.06. The van der Waals surface area contributed by atoms with Gasteiger partial charge in [0, 0.05) is 53.8 Å². The molecule has 4 heterocycles. The van der Waals surface area contributed by atoms with E-state index in [-0.39, 0.29) is 16.3 Å². The second-order valence-electron chi connectivity index (χ2n) is 16.3. The van der Waals surface area contributed by atoms with E-state index < -0.39 is 27.2 Å². The van der Waals surface area contributed by atoms with E-state index in [1.54, 1.807) is 12.1 Å². The number of para-hydroxylation sites is 2. The Kier molecular flexibility index (Phi) is 7.87. The number of anilines is 2. The lowest BCUT2D eigenvalue weighted by Crippen LogP contribution is -2.59. The Bertz CT molecular complexity index is 2580. The SMILES string of the molecule is COc1cc([N+](=O)[O-])cc2c1OC1(C=C2)N(Cc2ccc(CN3c4ccccc4C(C)(C)C34C=Cc3cc([N+](=O)[O-])cc(C)c3O4)cc2)c2ccccc2C1(C)C. The quantitative estimate of drug-likeness (QED) is 0.118. The number of aryl methyl sites for hydroxylation is 1. The van der Waals surface area contributed by atoms with Crippen molar-refractivity contribution in [3.63, 3.8) is 0 Å². The number of fused-ring (bicyclic) bond motifs is 4. The molecule has 2 unspecified atom stereocenters. The largest absolute Gasteiger partial charge is 0.493 e. The Morgan fingerprint density at radius 3 is 1.54 bits per heavy atom. The van der Waals surface area contributed by atoms with Crippen LogP contribution in [-0.4, -0.2) is 28.4 Å². The third kappa shape index (κ3) is 5.10. The summed E-state index contributed by atoms with van der Waals surface area (Å²) in [6.07, 6.45) is 7.95. The highest BCUT2D eigenvalue weighted by Gasteiger charge is 2.60. The summed E-state index contributed by atoms with van der Waals surface area (Å²) in [4.78, 5) is 27.2. The van der Waals surface area contributed by atoms with E-state index in [4.69, 9.17) is 14.2 Å². The van der Waals surface area contributed by atoms with E-state index in [1.807, 2.05) is 43.4 Å². The maximum absolute atomic E-state index is 11.7. The molecular formula is C46H42N4O7. The molecule has 0 N–H and O–H groups in total. The molecular weight excluding hydrogens is 721 g/mol. The molecule has 9 rings (SSSR count). The summed E-state index contributed by atoms with van der Waals surface area (Å²) in [6.45, 7) is 11.6. The number of nitrogens with zero attached hydrogens (tertiary/aromatic N) is 4. The first-order chi connectivity index (χ1) is 27.2. The average Bonchev–Trinajstić information content (AvgIpc) is 3.48. The molecule has 288 valence electrons. The molecule has 4 aliphatic rings. The van der Waals surface area contributed by atoms with Crippen molar-refractivity contribution in [3.05, 3.63) is 168 Å². The van der Waals surface area contributed by atoms with E-state index in [1.165, 1.54) is 19.2 Å². The first-order valence-electron chi connectivity index (χ1n) is 18.9. The number of hydrogen-bond donors (Lipinski definition) is 0. The molecule has 0 fully saturated rings. The molecule has 57 heavy (non-hydrogen) atoms. The van der Waals surface area contributed by atoms with Gasteiger partial charge in [-0.3, -0.25) is 20.2 Å². The van der Waals surface area contributed by atoms with Crippen molar-refractivity contribution in [3.8, 4) is 17.2 Å². The van der Waals surface area contributed by atoms with Crippen LogP contribution < -0.4 is 24.0 Å². The summed E-state index contributed by atoms with van der Waals surface area (Å²) in [6, 6.07) is 31.4. The number of benzene rings is 5. The first kappa shape index (κ1) is 36.0. The predicted octanol–water partition coefficient (Wildman–Crippen LogP) is 10.0. The molecule has 11 heteroatoms. The Labute approximate surface area is 330 Å². The van der Waals surface area contributed by atoms with Gasteiger partial charge in [0.05, 0.1) is 33.9 Å². The number of methoxy groups -OCH3 is 1. The van der Waals surface area contributed by atoms with Crippen LogP contribution in [0.5, 0.6) is 17.2 Å². The molecule has 5 aromatic rings. The summed E-state index contributed by atoms with van der Waals surface area (Å²) < 4.78 is 19.8. The zero-order valence-corrected chi connectivity index (χ0v) is 32.6. The van der Waals surface area contributed by atoms with Crippen LogP contribution in [0.1, 0.15) is 66.6 Å². The van der Waals surface area contributed by atoms with Crippen LogP contribution in [0.15, 0.2) is 109 Å². The summed E-state index contributed by atoms with van der Waals surface area (Å²) in [5.41, 5.74) is 5.64. The van der Waals surface area contributed by atoms with Gasteiger partial charge in [-0.2, -0.15) is 0 Å². The predicted molar refractivity (Wildman–Crippen MR) is 220 cm³/mol. The molecule has 2 spiro atoms. The Morgan fingerprint density at radius 1 is 0.632 bits per heavy atom. The van der Waals surface area contributed by atoms with Crippen molar-refractivity contribution in [1.82, 2.24) is 0 Å². The molecule has 0 amide bonds. The number of rotatable bonds is 7. The lowest BCUT2D eigenvalue weighted by Gasteiger charge is -2.47. The van der Waals surface area contributed by atoms with Gasteiger partial charge in [-0.25, -0.2) is 0 Å². The summed E-state index contributed by atoms with van der Waals surface area (Å²) in [5, 5.41) is 23.4. The summed E-state index contributed by atoms with van der Waals surface area (Å²) in [5.74, 6) is 1.41. The zero-order valence-electron chi connectivity index (χ0n) is 32.6. The molecule has 11 nitrogen and oxygen atoms in total. The second-order valence-corrected chi connectivity index (χ2v) is 16.3. The van der Waals surface area contributed by atoms with Crippen LogP contribution in [0, 0.1) is 27.2 Å². The number of nitro benzene ring substituents is 2. The van der Waals surface area contributed by atoms with Gasteiger partial charge in [-0.1, -0.05) is 60.7 Å². The lowest BCUT2D eigenvalue weighted by molar-refractivity contribution is -0.385. The molecule has 0 aromatic heterocycles. The van der Waals surface area contributed by atoms with E-state index in [9.17, 15) is 20.2 Å².